The number of aliphatic hydroxyl groups is 1. The van der Waals surface area contributed by atoms with Gasteiger partial charge in [-0.05, 0) is 61.8 Å². The molecular formula is C31H37ClFN3O5Si. The van der Waals surface area contributed by atoms with Gasteiger partial charge in [0.2, 0.25) is 20.2 Å². The van der Waals surface area contributed by atoms with Crippen molar-refractivity contribution >= 4 is 49.1 Å². The second kappa shape index (κ2) is 10.7. The van der Waals surface area contributed by atoms with Crippen molar-refractivity contribution in [2.24, 2.45) is 5.92 Å². The lowest BCUT2D eigenvalue weighted by Crippen LogP contribution is -2.45. The largest absolute Gasteiger partial charge is 0.394 e. The zero-order chi connectivity index (χ0) is 30.0. The minimum Gasteiger partial charge on any atom is -0.394 e. The summed E-state index contributed by atoms with van der Waals surface area (Å²) in [5.74, 6) is -0.917. The molecule has 0 bridgehead atoms. The van der Waals surface area contributed by atoms with Crippen LogP contribution in [0.2, 0.25) is 23.7 Å². The third-order valence-corrected chi connectivity index (χ3v) is 12.3. The quantitative estimate of drug-likeness (QED) is 0.276. The summed E-state index contributed by atoms with van der Waals surface area (Å²) in [4.78, 5) is 44.9. The average molecular weight is 614 g/mol. The second-order valence-electron chi connectivity index (χ2n) is 12.6. The van der Waals surface area contributed by atoms with Gasteiger partial charge in [0.05, 0.1) is 37.4 Å². The number of hydrogen-bond donors (Lipinski definition) is 1. The summed E-state index contributed by atoms with van der Waals surface area (Å²) >= 11 is 6.46. The van der Waals surface area contributed by atoms with Crippen LogP contribution in [0.4, 0.5) is 15.5 Å². The maximum absolute atomic E-state index is 16.1. The van der Waals surface area contributed by atoms with Crippen LogP contribution in [0, 0.1) is 5.92 Å². The number of carbonyl (C=O) groups excluding carboxylic acids is 3. The first kappa shape index (κ1) is 29.3. The Morgan fingerprint density at radius 2 is 1.90 bits per heavy atom. The lowest BCUT2D eigenvalue weighted by atomic mass is 9.82. The van der Waals surface area contributed by atoms with Gasteiger partial charge in [-0.3, -0.25) is 14.4 Å². The smallest absolute Gasteiger partial charge is 0.264 e. The average Bonchev–Trinajstić information content (AvgIpc) is 3.59. The highest BCUT2D eigenvalue weighted by atomic mass is 35.5. The van der Waals surface area contributed by atoms with E-state index >= 15 is 4.11 Å². The molecule has 3 fully saturated rings. The molecule has 4 aliphatic rings. The van der Waals surface area contributed by atoms with E-state index in [-0.39, 0.29) is 43.3 Å². The van der Waals surface area contributed by atoms with Crippen LogP contribution in [-0.4, -0.2) is 68.0 Å². The number of aliphatic hydroxyl groups excluding tert-OH is 1. The summed E-state index contributed by atoms with van der Waals surface area (Å²) in [6.45, 7) is 6.48. The molecule has 0 aliphatic carbocycles. The Balaban J connectivity index is 1.33. The van der Waals surface area contributed by atoms with E-state index in [1.54, 1.807) is 46.0 Å². The van der Waals surface area contributed by atoms with Crippen molar-refractivity contribution in [3.63, 3.8) is 0 Å². The van der Waals surface area contributed by atoms with Crippen molar-refractivity contribution in [3.8, 4) is 0 Å². The first-order valence-electron chi connectivity index (χ1n) is 14.7. The molecule has 0 radical (unpaired) electrons. The number of amides is 3. The van der Waals surface area contributed by atoms with E-state index in [2.05, 4.69) is 0 Å². The monoisotopic (exact) mass is 613 g/mol. The molecule has 224 valence electrons. The molecular weight excluding hydrogens is 577 g/mol. The molecule has 4 heterocycles. The molecule has 3 saturated heterocycles. The molecule has 1 N–H and O–H groups in total. The number of ether oxygens (including phenoxy) is 1. The van der Waals surface area contributed by atoms with Gasteiger partial charge in [-0.15, -0.1) is 0 Å². The highest BCUT2D eigenvalue weighted by Crippen LogP contribution is 2.60. The zero-order valence-electron chi connectivity index (χ0n) is 24.2. The van der Waals surface area contributed by atoms with E-state index in [0.29, 0.717) is 35.8 Å². The summed E-state index contributed by atoms with van der Waals surface area (Å²) in [5, 5.41) is 10.2. The van der Waals surface area contributed by atoms with Crippen LogP contribution in [0.3, 0.4) is 0 Å². The molecule has 42 heavy (non-hydrogen) atoms. The first-order chi connectivity index (χ1) is 20.0. The number of β-lactam (4-membered cyclic amide) rings is 1. The number of anilines is 2. The molecule has 3 amide bonds. The van der Waals surface area contributed by atoms with Crippen LogP contribution in [-0.2, 0) is 31.3 Å². The fourth-order valence-electron chi connectivity index (χ4n) is 7.57. The fraction of sp³-hybridized carbons (Fsp3) is 0.516. The summed E-state index contributed by atoms with van der Waals surface area (Å²) in [5.41, 5.74) is 0.866. The van der Waals surface area contributed by atoms with E-state index < -0.39 is 31.6 Å². The number of carbonyl (C=O) groups is 3. The SMILES string of the molecule is C[C@@H]1[C@@H]([Si](C)(C)F)[C@H](CC(=O)N2CCC[C@H]2CO)O[C@@]12C(=O)N(Cc1ccc(N3CCC3=O)cc1)c1ccc(Cl)cc12. The first-order valence-corrected chi connectivity index (χ1v) is 18.1. The van der Waals surface area contributed by atoms with Crippen LogP contribution in [0.1, 0.15) is 43.7 Å². The van der Waals surface area contributed by atoms with Gasteiger partial charge < -0.3 is 28.7 Å². The molecule has 0 aromatic heterocycles. The molecule has 1 spiro atoms. The molecule has 6 rings (SSSR count). The third-order valence-electron chi connectivity index (χ3n) is 9.65. The van der Waals surface area contributed by atoms with Gasteiger partial charge in [-0.1, -0.05) is 30.7 Å². The van der Waals surface area contributed by atoms with Gasteiger partial charge in [0.25, 0.3) is 5.91 Å². The predicted octanol–water partition coefficient (Wildman–Crippen LogP) is 4.77. The number of fused-ring (bicyclic) bond motifs is 2. The molecule has 2 aromatic carbocycles. The Kier molecular flexibility index (Phi) is 7.48. The number of nitrogens with zero attached hydrogens (tertiary/aromatic N) is 3. The molecule has 0 unspecified atom stereocenters. The van der Waals surface area contributed by atoms with Crippen LogP contribution < -0.4 is 9.80 Å². The summed E-state index contributed by atoms with van der Waals surface area (Å²) in [7, 11) is -3.44. The Morgan fingerprint density at radius 3 is 2.52 bits per heavy atom. The van der Waals surface area contributed by atoms with Crippen LogP contribution in [0.15, 0.2) is 42.5 Å². The number of likely N-dealkylation sites (tertiary alicyclic amines) is 1. The fourth-order valence-corrected chi connectivity index (χ4v) is 10.2. The molecule has 2 aromatic rings. The third kappa shape index (κ3) is 4.67. The standard InChI is InChI=1S/C31H37ClFN3O5Si/c1-19-29(42(2,3)33)26(16-28(39)34-13-4-5-23(34)18-37)41-31(19)24-15-21(32)8-11-25(24)36(30(31)40)17-20-6-9-22(10-7-20)35-14-12-27(35)38/h6-11,15,19,23,26,29,37H,4-5,12-14,16-18H2,1-3H3/t19-,23+,26+,29-,31+/m1/s1. The minimum absolute atomic E-state index is 0.0481. The maximum Gasteiger partial charge on any atom is 0.264 e. The van der Waals surface area contributed by atoms with Gasteiger partial charge in [-0.2, -0.15) is 0 Å². The van der Waals surface area contributed by atoms with E-state index in [1.165, 1.54) is 0 Å². The zero-order valence-corrected chi connectivity index (χ0v) is 25.9. The second-order valence-corrected chi connectivity index (χ2v) is 16.8. The van der Waals surface area contributed by atoms with Gasteiger partial charge in [0.15, 0.2) is 5.60 Å². The van der Waals surface area contributed by atoms with Gasteiger partial charge >= 0.3 is 0 Å². The normalized spacial score (nSPS) is 29.0. The predicted molar refractivity (Wildman–Crippen MR) is 161 cm³/mol. The van der Waals surface area contributed by atoms with Crippen molar-refractivity contribution in [1.29, 1.82) is 0 Å². The van der Waals surface area contributed by atoms with Gasteiger partial charge in [0.1, 0.15) is 0 Å². The summed E-state index contributed by atoms with van der Waals surface area (Å²) in [6, 6.07) is 12.6. The number of benzene rings is 2. The van der Waals surface area contributed by atoms with Crippen molar-refractivity contribution < 1.29 is 28.3 Å². The van der Waals surface area contributed by atoms with Gasteiger partial charge in [0, 0.05) is 47.2 Å². The number of halogens is 2. The van der Waals surface area contributed by atoms with Crippen molar-refractivity contribution in [2.75, 3.05) is 29.5 Å². The lowest BCUT2D eigenvalue weighted by Gasteiger charge is -2.31. The van der Waals surface area contributed by atoms with Crippen molar-refractivity contribution in [1.82, 2.24) is 4.90 Å². The molecule has 0 saturated carbocycles. The molecule has 5 atom stereocenters. The minimum atomic E-state index is -3.44. The van der Waals surface area contributed by atoms with Gasteiger partial charge in [-0.25, -0.2) is 0 Å². The Labute approximate surface area is 251 Å². The number of rotatable bonds is 7. The van der Waals surface area contributed by atoms with E-state index in [9.17, 15) is 19.5 Å². The number of hydrogen-bond acceptors (Lipinski definition) is 5. The van der Waals surface area contributed by atoms with E-state index in [4.69, 9.17) is 16.3 Å². The van der Waals surface area contributed by atoms with E-state index in [1.807, 2.05) is 31.2 Å². The van der Waals surface area contributed by atoms with Crippen molar-refractivity contribution in [3.05, 3.63) is 58.6 Å². The Morgan fingerprint density at radius 1 is 1.17 bits per heavy atom. The van der Waals surface area contributed by atoms with E-state index in [0.717, 1.165) is 24.1 Å². The van der Waals surface area contributed by atoms with Crippen LogP contribution in [0.25, 0.3) is 0 Å². The molecule has 8 nitrogen and oxygen atoms in total. The lowest BCUT2D eigenvalue weighted by molar-refractivity contribution is -0.150. The Bertz CT molecular complexity index is 1420. The molecule has 4 aliphatic heterocycles. The topological polar surface area (TPSA) is 90.4 Å². The summed E-state index contributed by atoms with van der Waals surface area (Å²) < 4.78 is 22.8. The van der Waals surface area contributed by atoms with Crippen LogP contribution in [0.5, 0.6) is 0 Å². The Hall–Kier alpha value is -2.79. The maximum atomic E-state index is 16.1. The molecule has 11 heteroatoms. The van der Waals surface area contributed by atoms with Crippen LogP contribution >= 0.6 is 11.6 Å². The highest BCUT2D eigenvalue weighted by Gasteiger charge is 2.67. The van der Waals surface area contributed by atoms with Crippen molar-refractivity contribution in [2.45, 2.75) is 75.5 Å². The highest BCUT2D eigenvalue weighted by molar-refractivity contribution is 6.72. The summed E-state index contributed by atoms with van der Waals surface area (Å²) in [6.07, 6.45) is 1.26.